The largest absolute Gasteiger partial charge is 0.292 e. The molecule has 1 aromatic carbocycles. The van der Waals surface area contributed by atoms with E-state index in [9.17, 15) is 4.79 Å². The molecule has 2 aromatic rings. The van der Waals surface area contributed by atoms with Crippen LogP contribution in [0.2, 0.25) is 0 Å². The van der Waals surface area contributed by atoms with Crippen molar-refractivity contribution in [1.82, 2.24) is 9.78 Å². The van der Waals surface area contributed by atoms with E-state index in [2.05, 4.69) is 5.10 Å². The van der Waals surface area contributed by atoms with Crippen LogP contribution in [0.25, 0.3) is 5.69 Å². The summed E-state index contributed by atoms with van der Waals surface area (Å²) < 4.78 is 1.74. The van der Waals surface area contributed by atoms with Gasteiger partial charge in [-0.15, -0.1) is 0 Å². The van der Waals surface area contributed by atoms with Crippen LogP contribution in [-0.4, -0.2) is 15.6 Å². The van der Waals surface area contributed by atoms with Gasteiger partial charge in [0.05, 0.1) is 11.9 Å². The first-order valence-electron chi connectivity index (χ1n) is 6.41. The lowest BCUT2D eigenvalue weighted by molar-refractivity contribution is 0.0908. The third kappa shape index (κ3) is 1.96. The van der Waals surface area contributed by atoms with Gasteiger partial charge in [-0.2, -0.15) is 5.10 Å². The Kier molecular flexibility index (Phi) is 2.74. The van der Waals surface area contributed by atoms with Gasteiger partial charge in [0, 0.05) is 5.92 Å². The summed E-state index contributed by atoms with van der Waals surface area (Å²) in [7, 11) is 0. The number of Topliss-reactive ketones (excluding diaryl/α,β-unsaturated/α-hetero) is 1. The minimum atomic E-state index is 0.115. The van der Waals surface area contributed by atoms with E-state index in [0.717, 1.165) is 5.69 Å². The van der Waals surface area contributed by atoms with Crippen LogP contribution in [0.1, 0.15) is 30.3 Å². The Morgan fingerprint density at radius 2 is 2.00 bits per heavy atom. The number of hydrogen-bond acceptors (Lipinski definition) is 2. The number of ketones is 1. The molecule has 92 valence electrons. The zero-order chi connectivity index (χ0) is 12.5. The van der Waals surface area contributed by atoms with Crippen LogP contribution in [0.3, 0.4) is 0 Å². The highest BCUT2D eigenvalue weighted by atomic mass is 16.1. The van der Waals surface area contributed by atoms with Crippen molar-refractivity contribution in [1.29, 1.82) is 0 Å². The Hall–Kier alpha value is -1.90. The fraction of sp³-hybridized carbons (Fsp3) is 0.333. The zero-order valence-corrected chi connectivity index (χ0v) is 10.4. The molecule has 1 heterocycles. The molecular formula is C15H16N2O. The minimum Gasteiger partial charge on any atom is -0.292 e. The van der Waals surface area contributed by atoms with Crippen molar-refractivity contribution in [2.45, 2.75) is 19.8 Å². The molecule has 1 atom stereocenters. The Balaban J connectivity index is 1.94. The highest BCUT2D eigenvalue weighted by molar-refractivity contribution is 5.97. The van der Waals surface area contributed by atoms with Crippen LogP contribution in [0.15, 0.2) is 42.6 Å². The summed E-state index contributed by atoms with van der Waals surface area (Å²) in [5.74, 6) is 0.902. The second kappa shape index (κ2) is 4.41. The van der Waals surface area contributed by atoms with Crippen LogP contribution in [0.4, 0.5) is 0 Å². The molecule has 1 aliphatic rings. The number of aromatic nitrogens is 2. The minimum absolute atomic E-state index is 0.115. The highest BCUT2D eigenvalue weighted by Gasteiger charge is 2.34. The number of hydrogen-bond donors (Lipinski definition) is 0. The fourth-order valence-corrected chi connectivity index (χ4v) is 2.31. The van der Waals surface area contributed by atoms with Gasteiger partial charge in [-0.05, 0) is 37.0 Å². The SMILES string of the molecule is CC(C(=O)c1ccnn1-c1ccccc1)C1CC1. The van der Waals surface area contributed by atoms with Crippen molar-refractivity contribution in [3.05, 3.63) is 48.3 Å². The van der Waals surface area contributed by atoms with Gasteiger partial charge in [-0.25, -0.2) is 4.68 Å². The van der Waals surface area contributed by atoms with Gasteiger partial charge in [-0.1, -0.05) is 25.1 Å². The number of para-hydroxylation sites is 1. The first kappa shape index (κ1) is 11.2. The average molecular weight is 240 g/mol. The standard InChI is InChI=1S/C15H16N2O/c1-11(12-7-8-12)15(18)14-9-10-16-17(14)13-5-3-2-4-6-13/h2-6,9-12H,7-8H2,1H3. The third-order valence-electron chi connectivity index (χ3n) is 3.64. The summed E-state index contributed by atoms with van der Waals surface area (Å²) in [4.78, 5) is 12.4. The van der Waals surface area contributed by atoms with Crippen molar-refractivity contribution in [2.24, 2.45) is 11.8 Å². The summed E-state index contributed by atoms with van der Waals surface area (Å²) in [5, 5.41) is 4.27. The quantitative estimate of drug-likeness (QED) is 0.770. The second-order valence-electron chi connectivity index (χ2n) is 4.95. The van der Waals surface area contributed by atoms with E-state index in [4.69, 9.17) is 0 Å². The number of carbonyl (C=O) groups excluding carboxylic acids is 1. The number of nitrogens with zero attached hydrogens (tertiary/aromatic N) is 2. The van der Waals surface area contributed by atoms with Gasteiger partial charge < -0.3 is 0 Å². The molecule has 0 amide bonds. The molecule has 3 rings (SSSR count). The molecule has 0 saturated heterocycles. The highest BCUT2D eigenvalue weighted by Crippen LogP contribution is 2.38. The van der Waals surface area contributed by atoms with Crippen molar-refractivity contribution in [3.63, 3.8) is 0 Å². The summed E-state index contributed by atoms with van der Waals surface area (Å²) in [6.45, 7) is 2.03. The summed E-state index contributed by atoms with van der Waals surface area (Å²) in [6, 6.07) is 11.6. The normalized spacial score (nSPS) is 16.5. The monoisotopic (exact) mass is 240 g/mol. The molecule has 3 heteroatoms. The maximum Gasteiger partial charge on any atom is 0.184 e. The van der Waals surface area contributed by atoms with Crippen LogP contribution >= 0.6 is 0 Å². The van der Waals surface area contributed by atoms with Crippen LogP contribution in [0, 0.1) is 11.8 Å². The molecule has 0 N–H and O–H groups in total. The molecule has 0 bridgehead atoms. The van der Waals surface area contributed by atoms with Gasteiger partial charge in [0.2, 0.25) is 0 Å². The van der Waals surface area contributed by atoms with Crippen molar-refractivity contribution >= 4 is 5.78 Å². The predicted molar refractivity (Wildman–Crippen MR) is 69.8 cm³/mol. The van der Waals surface area contributed by atoms with Crippen LogP contribution in [0.5, 0.6) is 0 Å². The molecule has 0 spiro atoms. The lowest BCUT2D eigenvalue weighted by Gasteiger charge is -2.11. The molecule has 1 aliphatic carbocycles. The van der Waals surface area contributed by atoms with Crippen LogP contribution in [-0.2, 0) is 0 Å². The topological polar surface area (TPSA) is 34.9 Å². The average Bonchev–Trinajstić information content (AvgIpc) is 3.15. The van der Waals surface area contributed by atoms with E-state index in [1.54, 1.807) is 10.9 Å². The smallest absolute Gasteiger partial charge is 0.184 e. The van der Waals surface area contributed by atoms with Gasteiger partial charge >= 0.3 is 0 Å². The molecular weight excluding hydrogens is 224 g/mol. The molecule has 3 nitrogen and oxygen atoms in total. The summed E-state index contributed by atoms with van der Waals surface area (Å²) in [5.41, 5.74) is 1.63. The maximum atomic E-state index is 12.4. The van der Waals surface area contributed by atoms with Gasteiger partial charge in [0.1, 0.15) is 5.69 Å². The molecule has 1 fully saturated rings. The number of carbonyl (C=O) groups is 1. The molecule has 0 aliphatic heterocycles. The Labute approximate surface area is 106 Å². The van der Waals surface area contributed by atoms with Crippen molar-refractivity contribution in [2.75, 3.05) is 0 Å². The lowest BCUT2D eigenvalue weighted by atomic mass is 9.98. The van der Waals surface area contributed by atoms with Gasteiger partial charge in [0.25, 0.3) is 0 Å². The van der Waals surface area contributed by atoms with Gasteiger partial charge in [-0.3, -0.25) is 4.79 Å². The lowest BCUT2D eigenvalue weighted by Crippen LogP contribution is -2.17. The van der Waals surface area contributed by atoms with Gasteiger partial charge in [0.15, 0.2) is 5.78 Å². The van der Waals surface area contributed by atoms with E-state index in [0.29, 0.717) is 11.6 Å². The predicted octanol–water partition coefficient (Wildman–Crippen LogP) is 3.10. The number of rotatable bonds is 4. The Morgan fingerprint density at radius 3 is 2.67 bits per heavy atom. The summed E-state index contributed by atoms with van der Waals surface area (Å²) in [6.07, 6.45) is 4.07. The second-order valence-corrected chi connectivity index (χ2v) is 4.95. The van der Waals surface area contributed by atoms with E-state index >= 15 is 0 Å². The van der Waals surface area contributed by atoms with E-state index in [-0.39, 0.29) is 11.7 Å². The van der Waals surface area contributed by atoms with Crippen molar-refractivity contribution < 1.29 is 4.79 Å². The molecule has 0 radical (unpaired) electrons. The zero-order valence-electron chi connectivity index (χ0n) is 10.4. The maximum absolute atomic E-state index is 12.4. The van der Waals surface area contributed by atoms with E-state index in [1.807, 2.05) is 43.3 Å². The van der Waals surface area contributed by atoms with E-state index < -0.39 is 0 Å². The first-order valence-corrected chi connectivity index (χ1v) is 6.41. The molecule has 18 heavy (non-hydrogen) atoms. The number of benzene rings is 1. The molecule has 1 aromatic heterocycles. The molecule has 1 unspecified atom stereocenters. The first-order chi connectivity index (χ1) is 8.77. The van der Waals surface area contributed by atoms with Crippen LogP contribution < -0.4 is 0 Å². The Morgan fingerprint density at radius 1 is 1.28 bits per heavy atom. The Bertz CT molecular complexity index is 555. The third-order valence-corrected chi connectivity index (χ3v) is 3.64. The summed E-state index contributed by atoms with van der Waals surface area (Å²) >= 11 is 0. The van der Waals surface area contributed by atoms with E-state index in [1.165, 1.54) is 12.8 Å². The fourth-order valence-electron chi connectivity index (χ4n) is 2.31. The van der Waals surface area contributed by atoms with Crippen molar-refractivity contribution in [3.8, 4) is 5.69 Å². The molecule has 1 saturated carbocycles.